The van der Waals surface area contributed by atoms with E-state index in [0.717, 1.165) is 0 Å². The van der Waals surface area contributed by atoms with E-state index in [9.17, 15) is 9.59 Å². The van der Waals surface area contributed by atoms with Crippen molar-refractivity contribution in [2.24, 2.45) is 0 Å². The largest absolute Gasteiger partial charge is 0.497 e. The monoisotopic (exact) mass is 534 g/mol. The van der Waals surface area contributed by atoms with Gasteiger partial charge in [-0.05, 0) is 35.9 Å². The Hall–Kier alpha value is -4.66. The number of hydrogen-bond donors (Lipinski definition) is 0. The molecule has 1 atom stereocenters. The molecule has 0 fully saturated rings. The first-order valence-electron chi connectivity index (χ1n) is 12.0. The van der Waals surface area contributed by atoms with E-state index < -0.39 is 11.9 Å². The summed E-state index contributed by atoms with van der Waals surface area (Å²) >= 11 is 0. The molecule has 0 amide bonds. The van der Waals surface area contributed by atoms with Crippen LogP contribution in [0.4, 0.5) is 0 Å². The van der Waals surface area contributed by atoms with E-state index in [1.54, 1.807) is 55.6 Å². The van der Waals surface area contributed by atoms with Crippen LogP contribution in [0.15, 0.2) is 64.0 Å². The van der Waals surface area contributed by atoms with E-state index in [1.807, 2.05) is 0 Å². The lowest BCUT2D eigenvalue weighted by atomic mass is 9.85. The minimum absolute atomic E-state index is 0.0955. The van der Waals surface area contributed by atoms with E-state index in [4.69, 9.17) is 32.8 Å². The summed E-state index contributed by atoms with van der Waals surface area (Å²) in [6.45, 7) is 0. The summed E-state index contributed by atoms with van der Waals surface area (Å²) in [6, 6.07) is 13.9. The molecule has 1 aromatic heterocycles. The number of carbonyl (C=O) groups excluding carboxylic acids is 1. The minimum Gasteiger partial charge on any atom is -0.497 e. The van der Waals surface area contributed by atoms with Gasteiger partial charge < -0.3 is 32.8 Å². The van der Waals surface area contributed by atoms with Crippen LogP contribution in [-0.2, 0) is 9.53 Å². The highest BCUT2D eigenvalue weighted by atomic mass is 16.5. The topological polar surface area (TPSA) is 103 Å². The van der Waals surface area contributed by atoms with Crippen molar-refractivity contribution in [3.05, 3.63) is 76.1 Å². The summed E-state index contributed by atoms with van der Waals surface area (Å²) in [4.78, 5) is 26.4. The zero-order valence-corrected chi connectivity index (χ0v) is 22.7. The van der Waals surface area contributed by atoms with Crippen LogP contribution in [0.25, 0.3) is 22.1 Å². The average molecular weight is 535 g/mol. The second-order valence-electron chi connectivity index (χ2n) is 8.55. The molecule has 0 aliphatic rings. The normalized spacial score (nSPS) is 11.5. The quantitative estimate of drug-likeness (QED) is 0.254. The van der Waals surface area contributed by atoms with E-state index in [0.29, 0.717) is 56.4 Å². The van der Waals surface area contributed by atoms with Crippen molar-refractivity contribution in [2.45, 2.75) is 12.3 Å². The van der Waals surface area contributed by atoms with Gasteiger partial charge in [0.1, 0.15) is 29.1 Å². The molecule has 3 aromatic carbocycles. The molecule has 39 heavy (non-hydrogen) atoms. The molecule has 1 heterocycles. The Bertz CT molecular complexity index is 1540. The highest BCUT2D eigenvalue weighted by Gasteiger charge is 2.30. The molecule has 0 saturated heterocycles. The second kappa shape index (κ2) is 11.8. The third kappa shape index (κ3) is 5.20. The molecule has 9 heteroatoms. The standard InChI is InChI=1S/C30H30O9/c1-33-18-9-7-17(8-10-18)22-16-39-30-19(29(22)32)11-12-23(34-2)28(30)21(14-27(31)38-6)20-13-25(36-4)26(37-5)15-24(20)35-3/h7-13,15-16,21H,14H2,1-6H3/t21-/m0/s1. The Morgan fingerprint density at radius 2 is 1.41 bits per heavy atom. The smallest absolute Gasteiger partial charge is 0.306 e. The van der Waals surface area contributed by atoms with Gasteiger partial charge in [-0.1, -0.05) is 12.1 Å². The van der Waals surface area contributed by atoms with Gasteiger partial charge in [0.25, 0.3) is 0 Å². The van der Waals surface area contributed by atoms with Gasteiger partial charge in [0.2, 0.25) is 5.43 Å². The number of ether oxygens (including phenoxy) is 6. The summed E-state index contributed by atoms with van der Waals surface area (Å²) < 4.78 is 38.7. The van der Waals surface area contributed by atoms with Gasteiger partial charge in [-0.15, -0.1) is 0 Å². The first-order valence-corrected chi connectivity index (χ1v) is 12.0. The molecular formula is C30H30O9. The average Bonchev–Trinajstić information content (AvgIpc) is 2.98. The number of rotatable bonds is 10. The van der Waals surface area contributed by atoms with Gasteiger partial charge in [-0.2, -0.15) is 0 Å². The lowest BCUT2D eigenvalue weighted by molar-refractivity contribution is -0.140. The number of hydrogen-bond acceptors (Lipinski definition) is 9. The molecule has 0 bridgehead atoms. The second-order valence-corrected chi connectivity index (χ2v) is 8.55. The number of benzene rings is 3. The Balaban J connectivity index is 2.00. The van der Waals surface area contributed by atoms with Crippen molar-refractivity contribution < 1.29 is 37.6 Å². The van der Waals surface area contributed by atoms with Crippen molar-refractivity contribution in [1.29, 1.82) is 0 Å². The number of fused-ring (bicyclic) bond motifs is 1. The number of carbonyl (C=O) groups is 1. The Labute approximate surface area is 225 Å². The lowest BCUT2D eigenvalue weighted by Crippen LogP contribution is -2.14. The third-order valence-corrected chi connectivity index (χ3v) is 6.62. The van der Waals surface area contributed by atoms with Crippen LogP contribution in [0.2, 0.25) is 0 Å². The molecule has 4 rings (SSSR count). The molecule has 0 aliphatic heterocycles. The van der Waals surface area contributed by atoms with Crippen LogP contribution >= 0.6 is 0 Å². The molecule has 4 aromatic rings. The maximum atomic E-state index is 13.7. The molecule has 0 N–H and O–H groups in total. The summed E-state index contributed by atoms with van der Waals surface area (Å²) in [7, 11) is 8.95. The van der Waals surface area contributed by atoms with Crippen molar-refractivity contribution in [3.8, 4) is 39.9 Å². The van der Waals surface area contributed by atoms with Gasteiger partial charge in [0.05, 0.1) is 60.0 Å². The van der Waals surface area contributed by atoms with Gasteiger partial charge in [0.15, 0.2) is 11.5 Å². The maximum Gasteiger partial charge on any atom is 0.306 e. The van der Waals surface area contributed by atoms with Crippen LogP contribution in [-0.4, -0.2) is 48.6 Å². The Morgan fingerprint density at radius 3 is 2.00 bits per heavy atom. The fourth-order valence-electron chi connectivity index (χ4n) is 4.62. The van der Waals surface area contributed by atoms with Gasteiger partial charge in [-0.3, -0.25) is 9.59 Å². The number of methoxy groups -OCH3 is 6. The highest BCUT2D eigenvalue weighted by Crippen LogP contribution is 2.46. The highest BCUT2D eigenvalue weighted by molar-refractivity contribution is 5.88. The molecule has 0 radical (unpaired) electrons. The number of esters is 1. The van der Waals surface area contributed by atoms with Crippen molar-refractivity contribution in [3.63, 3.8) is 0 Å². The minimum atomic E-state index is -0.694. The van der Waals surface area contributed by atoms with Gasteiger partial charge in [-0.25, -0.2) is 0 Å². The SMILES string of the molecule is COC(=O)C[C@@H](c1cc(OC)c(OC)cc1OC)c1c(OC)ccc2c(=O)c(-c3ccc(OC)cc3)coc12. The molecule has 204 valence electrons. The van der Waals surface area contributed by atoms with E-state index in [2.05, 4.69) is 0 Å². The van der Waals surface area contributed by atoms with Crippen molar-refractivity contribution in [1.82, 2.24) is 0 Å². The summed E-state index contributed by atoms with van der Waals surface area (Å²) in [5.74, 6) is 1.26. The van der Waals surface area contributed by atoms with E-state index >= 15 is 0 Å². The van der Waals surface area contributed by atoms with Crippen molar-refractivity contribution >= 4 is 16.9 Å². The van der Waals surface area contributed by atoms with Crippen molar-refractivity contribution in [2.75, 3.05) is 42.7 Å². The Kier molecular flexibility index (Phi) is 8.29. The predicted octanol–water partition coefficient (Wildman–Crippen LogP) is 5.20. The summed E-state index contributed by atoms with van der Waals surface area (Å²) in [5.41, 5.74) is 2.19. The molecule has 9 nitrogen and oxygen atoms in total. The van der Waals surface area contributed by atoms with Crippen LogP contribution in [0, 0.1) is 0 Å². The van der Waals surface area contributed by atoms with E-state index in [-0.39, 0.29) is 17.4 Å². The summed E-state index contributed by atoms with van der Waals surface area (Å²) in [5, 5.41) is 0.327. The fraction of sp³-hybridized carbons (Fsp3) is 0.267. The van der Waals surface area contributed by atoms with E-state index in [1.165, 1.54) is 41.8 Å². The fourth-order valence-corrected chi connectivity index (χ4v) is 4.62. The Morgan fingerprint density at radius 1 is 0.769 bits per heavy atom. The zero-order chi connectivity index (χ0) is 28.1. The maximum absolute atomic E-state index is 13.7. The first-order chi connectivity index (χ1) is 18.9. The van der Waals surface area contributed by atoms with Crippen LogP contribution in [0.5, 0.6) is 28.7 Å². The zero-order valence-electron chi connectivity index (χ0n) is 22.7. The van der Waals surface area contributed by atoms with Gasteiger partial charge >= 0.3 is 5.97 Å². The van der Waals surface area contributed by atoms with Gasteiger partial charge in [0, 0.05) is 23.1 Å². The van der Waals surface area contributed by atoms with Crippen LogP contribution < -0.4 is 29.1 Å². The lowest BCUT2D eigenvalue weighted by Gasteiger charge is -2.24. The molecule has 0 aliphatic carbocycles. The van der Waals surface area contributed by atoms with Crippen LogP contribution in [0.3, 0.4) is 0 Å². The first kappa shape index (κ1) is 27.4. The predicted molar refractivity (Wildman–Crippen MR) is 146 cm³/mol. The molecule has 0 spiro atoms. The molecule has 0 unspecified atom stereocenters. The van der Waals surface area contributed by atoms with Crippen LogP contribution in [0.1, 0.15) is 23.5 Å². The third-order valence-electron chi connectivity index (χ3n) is 6.62. The molecule has 0 saturated carbocycles. The molecular weight excluding hydrogens is 504 g/mol. The summed E-state index contributed by atoms with van der Waals surface area (Å²) in [6.07, 6.45) is 1.32.